The standard InChI is InChI=1S/C19H19N7O12S4.3Na/c20-18-15(25-23-11-1-4-13(5-2-11)41(29,30)8-7-34-40-38-36-28)10-16(19(21)22-18)26-24-14-9-12(39-37-35-27)3-6-17(14)42(31,32)33;;;/h1-6,9-10,27-28H,7-8H2,(H4,20,21,22)(H,31,32,33);;;/q;3*+1/p-3. The summed E-state index contributed by atoms with van der Waals surface area (Å²) >= 11 is 0.611. The average molecular weight is 732 g/mol. The minimum atomic E-state index is -4.97. The average Bonchev–Trinajstić information content (AvgIpc) is 2.94. The van der Waals surface area contributed by atoms with Gasteiger partial charge in [0.05, 0.1) is 39.9 Å². The van der Waals surface area contributed by atoms with Gasteiger partial charge in [-0.3, -0.25) is 14.3 Å². The van der Waals surface area contributed by atoms with E-state index in [0.29, 0.717) is 12.0 Å². The van der Waals surface area contributed by atoms with Gasteiger partial charge in [-0.05, 0) is 42.5 Å². The number of nitrogens with two attached hydrogens (primary N) is 2. The number of anilines is 2. The fourth-order valence-corrected chi connectivity index (χ4v) is 5.23. The van der Waals surface area contributed by atoms with Crippen molar-refractivity contribution in [1.29, 1.82) is 0 Å². The summed E-state index contributed by atoms with van der Waals surface area (Å²) in [6, 6.07) is 9.70. The minimum Gasteiger partial charge on any atom is -0.744 e. The molecule has 0 aliphatic heterocycles. The largest absolute Gasteiger partial charge is 1.00 e. The number of rotatable bonds is 15. The molecule has 26 heteroatoms. The van der Waals surface area contributed by atoms with E-state index in [0.717, 1.165) is 12.1 Å². The first-order valence-corrected chi connectivity index (χ1v) is 15.1. The fraction of sp³-hybridized carbons (Fsp3) is 0.105. The van der Waals surface area contributed by atoms with Crippen molar-refractivity contribution in [3.8, 4) is 0 Å². The molecule has 0 saturated heterocycles. The summed E-state index contributed by atoms with van der Waals surface area (Å²) in [5.41, 5.74) is 11.3. The Morgan fingerprint density at radius 1 is 0.778 bits per heavy atom. The van der Waals surface area contributed by atoms with Gasteiger partial charge in [0, 0.05) is 11.0 Å². The number of benzene rings is 2. The van der Waals surface area contributed by atoms with Crippen LogP contribution >= 0.6 is 24.4 Å². The minimum absolute atomic E-state index is 0. The van der Waals surface area contributed by atoms with Gasteiger partial charge >= 0.3 is 88.7 Å². The number of pyridine rings is 1. The monoisotopic (exact) mass is 731 g/mol. The summed E-state index contributed by atoms with van der Waals surface area (Å²) in [5, 5.41) is 41.5. The zero-order chi connectivity index (χ0) is 30.8. The smallest absolute Gasteiger partial charge is 0.744 e. The molecule has 0 atom stereocenters. The SMILES string of the molecule is Nc1nc(N)c(N=Nc2cc(SOO[O-])ccc2S(=O)(=O)[O-])cc1N=Nc1ccc(S(=O)(=O)CCOSOO[O-])cc1.[Na+].[Na+].[Na+]. The van der Waals surface area contributed by atoms with Crippen LogP contribution in [0.4, 0.5) is 34.4 Å². The Morgan fingerprint density at radius 2 is 1.36 bits per heavy atom. The van der Waals surface area contributed by atoms with Crippen molar-refractivity contribution >= 4 is 78.7 Å². The van der Waals surface area contributed by atoms with Crippen molar-refractivity contribution in [3.05, 3.63) is 48.5 Å². The van der Waals surface area contributed by atoms with Crippen LogP contribution in [-0.2, 0) is 42.9 Å². The van der Waals surface area contributed by atoms with E-state index in [1.165, 1.54) is 36.4 Å². The first kappa shape index (κ1) is 44.7. The summed E-state index contributed by atoms with van der Waals surface area (Å²) in [5.74, 6) is -0.795. The Hall–Kier alpha value is -0.330. The third-order valence-corrected chi connectivity index (χ3v) is 8.19. The van der Waals surface area contributed by atoms with Gasteiger partial charge < -0.3 is 26.5 Å². The number of aromatic nitrogens is 1. The molecule has 0 aliphatic rings. The molecule has 0 amide bonds. The quantitative estimate of drug-likeness (QED) is 0.0279. The van der Waals surface area contributed by atoms with E-state index >= 15 is 0 Å². The maximum Gasteiger partial charge on any atom is 1.00 e. The van der Waals surface area contributed by atoms with Crippen molar-refractivity contribution in [2.75, 3.05) is 23.8 Å². The molecular weight excluding hydrogens is 715 g/mol. The summed E-state index contributed by atoms with van der Waals surface area (Å²) in [4.78, 5) is 3.27. The Kier molecular flexibility index (Phi) is 21.4. The molecular formula is C19H16N7Na3O12S4. The van der Waals surface area contributed by atoms with Gasteiger partial charge in [-0.2, -0.15) is 9.45 Å². The molecule has 19 nitrogen and oxygen atoms in total. The first-order chi connectivity index (χ1) is 19.9. The van der Waals surface area contributed by atoms with Crippen LogP contribution in [0.2, 0.25) is 0 Å². The van der Waals surface area contributed by atoms with Gasteiger partial charge in [-0.1, -0.05) is 0 Å². The van der Waals surface area contributed by atoms with Crippen LogP contribution in [0.25, 0.3) is 0 Å². The maximum atomic E-state index is 12.4. The fourth-order valence-electron chi connectivity index (χ4n) is 2.84. The second kappa shape index (κ2) is 21.6. The zero-order valence-electron chi connectivity index (χ0n) is 23.5. The molecule has 1 aromatic heterocycles. The molecule has 45 heavy (non-hydrogen) atoms. The molecule has 3 aromatic rings. The molecule has 1 heterocycles. The molecule has 4 N–H and O–H groups in total. The van der Waals surface area contributed by atoms with Gasteiger partial charge in [0.25, 0.3) is 0 Å². The van der Waals surface area contributed by atoms with Crippen molar-refractivity contribution in [1.82, 2.24) is 4.98 Å². The van der Waals surface area contributed by atoms with E-state index in [9.17, 15) is 31.9 Å². The third-order valence-electron chi connectivity index (χ3n) is 4.67. The second-order valence-electron chi connectivity index (χ2n) is 7.34. The van der Waals surface area contributed by atoms with Crippen LogP contribution in [0.15, 0.2) is 83.7 Å². The Labute approximate surface area is 330 Å². The van der Waals surface area contributed by atoms with E-state index in [4.69, 9.17) is 15.7 Å². The van der Waals surface area contributed by atoms with Crippen LogP contribution < -0.4 is 111 Å². The molecule has 0 unspecified atom stereocenters. The van der Waals surface area contributed by atoms with Crippen molar-refractivity contribution in [2.24, 2.45) is 20.5 Å². The Bertz CT molecular complexity index is 1670. The molecule has 0 radical (unpaired) electrons. The normalized spacial score (nSPS) is 11.6. The molecule has 3 rings (SSSR count). The number of hydrogen-bond donors (Lipinski definition) is 2. The van der Waals surface area contributed by atoms with E-state index in [-0.39, 0.29) is 146 Å². The van der Waals surface area contributed by atoms with Gasteiger partial charge in [0.15, 0.2) is 33.8 Å². The number of nitrogens with zero attached hydrogens (tertiary/aromatic N) is 5. The maximum absolute atomic E-state index is 12.4. The van der Waals surface area contributed by atoms with E-state index in [2.05, 4.69) is 44.2 Å². The van der Waals surface area contributed by atoms with Crippen LogP contribution in [-0.4, -0.2) is 38.7 Å². The van der Waals surface area contributed by atoms with E-state index in [1.54, 1.807) is 0 Å². The summed E-state index contributed by atoms with van der Waals surface area (Å²) in [6.45, 7) is -0.288. The van der Waals surface area contributed by atoms with E-state index < -0.39 is 36.3 Å². The summed E-state index contributed by atoms with van der Waals surface area (Å²) in [7, 11) is -8.71. The van der Waals surface area contributed by atoms with Crippen molar-refractivity contribution in [2.45, 2.75) is 14.7 Å². The molecule has 0 aliphatic carbocycles. The molecule has 226 valence electrons. The molecule has 2 aromatic carbocycles. The zero-order valence-corrected chi connectivity index (χ0v) is 32.7. The van der Waals surface area contributed by atoms with Crippen molar-refractivity contribution < 1.29 is 144 Å². The number of nitrogen functional groups attached to an aromatic ring is 2. The molecule has 0 bridgehead atoms. The van der Waals surface area contributed by atoms with Crippen LogP contribution in [0, 0.1) is 0 Å². The number of sulfone groups is 1. The topological polar surface area (TPSA) is 298 Å². The predicted octanol–water partition coefficient (Wildman–Crippen LogP) is -7.20. The van der Waals surface area contributed by atoms with E-state index in [1.807, 2.05) is 0 Å². The van der Waals surface area contributed by atoms with Gasteiger partial charge in [0.2, 0.25) is 0 Å². The molecule has 0 fully saturated rings. The molecule has 0 spiro atoms. The van der Waals surface area contributed by atoms with Gasteiger partial charge in [0.1, 0.15) is 27.2 Å². The van der Waals surface area contributed by atoms with Crippen LogP contribution in [0.3, 0.4) is 0 Å². The van der Waals surface area contributed by atoms with Crippen molar-refractivity contribution in [3.63, 3.8) is 0 Å². The predicted molar refractivity (Wildman–Crippen MR) is 138 cm³/mol. The van der Waals surface area contributed by atoms with Gasteiger partial charge in [-0.25, -0.2) is 21.8 Å². The van der Waals surface area contributed by atoms with Crippen LogP contribution in [0.1, 0.15) is 0 Å². The Morgan fingerprint density at radius 3 is 1.93 bits per heavy atom. The van der Waals surface area contributed by atoms with Crippen LogP contribution in [0.5, 0.6) is 0 Å². The first-order valence-electron chi connectivity index (χ1n) is 10.6. The number of hydrogen-bond acceptors (Lipinski definition) is 21. The summed E-state index contributed by atoms with van der Waals surface area (Å²) in [6.07, 6.45) is 0. The van der Waals surface area contributed by atoms with Gasteiger partial charge in [-0.15, -0.1) is 19.7 Å². The second-order valence-corrected chi connectivity index (χ2v) is 12.1. The third kappa shape index (κ3) is 14.4. The number of azo groups is 2. The Balaban J connectivity index is 0.00000645. The molecule has 0 saturated carbocycles. The summed E-state index contributed by atoms with van der Waals surface area (Å²) < 4.78 is 72.3.